The summed E-state index contributed by atoms with van der Waals surface area (Å²) >= 11 is 6.17. The van der Waals surface area contributed by atoms with Crippen molar-refractivity contribution < 1.29 is 0 Å². The first-order chi connectivity index (χ1) is 10.3. The summed E-state index contributed by atoms with van der Waals surface area (Å²) in [7, 11) is 0. The number of hydrogen-bond donors (Lipinski definition) is 1. The summed E-state index contributed by atoms with van der Waals surface area (Å²) in [6, 6.07) is 10.0. The van der Waals surface area contributed by atoms with Gasteiger partial charge in [-0.3, -0.25) is 0 Å². The largest absolute Gasteiger partial charge is 0.354 e. The third-order valence-electron chi connectivity index (χ3n) is 2.97. The lowest BCUT2D eigenvalue weighted by atomic mass is 10.1. The molecule has 3 aromatic rings. The van der Waals surface area contributed by atoms with Crippen LogP contribution in [0.4, 0.5) is 5.95 Å². The molecule has 0 fully saturated rings. The van der Waals surface area contributed by atoms with E-state index in [2.05, 4.69) is 20.4 Å². The molecule has 0 amide bonds. The second kappa shape index (κ2) is 5.93. The van der Waals surface area contributed by atoms with Gasteiger partial charge in [-0.15, -0.1) is 0 Å². The molecular weight excluding hydrogens is 286 g/mol. The molecule has 0 aliphatic heterocycles. The van der Waals surface area contributed by atoms with Gasteiger partial charge in [-0.05, 0) is 12.5 Å². The minimum absolute atomic E-state index is 0.458. The molecule has 0 aliphatic rings. The highest BCUT2D eigenvalue weighted by Crippen LogP contribution is 2.22. The Morgan fingerprint density at radius 3 is 2.71 bits per heavy atom. The van der Waals surface area contributed by atoms with Gasteiger partial charge in [0.05, 0.1) is 12.4 Å². The van der Waals surface area contributed by atoms with Gasteiger partial charge in [0.15, 0.2) is 5.82 Å². The summed E-state index contributed by atoms with van der Waals surface area (Å²) < 4.78 is 1.66. The van der Waals surface area contributed by atoms with Gasteiger partial charge >= 0.3 is 0 Å². The molecule has 106 valence electrons. The van der Waals surface area contributed by atoms with Gasteiger partial charge in [0.25, 0.3) is 0 Å². The van der Waals surface area contributed by atoms with E-state index in [-0.39, 0.29) is 0 Å². The molecule has 0 radical (unpaired) electrons. The molecule has 3 rings (SSSR count). The van der Waals surface area contributed by atoms with Gasteiger partial charge < -0.3 is 5.32 Å². The number of rotatable bonds is 4. The monoisotopic (exact) mass is 299 g/mol. The Balaban J connectivity index is 1.98. The van der Waals surface area contributed by atoms with Crippen LogP contribution in [0.2, 0.25) is 5.02 Å². The minimum atomic E-state index is 0.458. The normalized spacial score (nSPS) is 10.6. The van der Waals surface area contributed by atoms with E-state index in [1.807, 2.05) is 43.5 Å². The zero-order valence-electron chi connectivity index (χ0n) is 11.5. The Labute approximate surface area is 127 Å². The highest BCUT2D eigenvalue weighted by atomic mass is 35.5. The van der Waals surface area contributed by atoms with E-state index in [1.165, 1.54) is 0 Å². The lowest BCUT2D eigenvalue weighted by Crippen LogP contribution is -2.06. The Hall–Kier alpha value is -2.40. The van der Waals surface area contributed by atoms with Crippen molar-refractivity contribution in [2.75, 3.05) is 11.9 Å². The molecule has 6 heteroatoms. The third kappa shape index (κ3) is 2.87. The average molecular weight is 300 g/mol. The maximum absolute atomic E-state index is 6.17. The number of anilines is 1. The van der Waals surface area contributed by atoms with Gasteiger partial charge in [0.1, 0.15) is 5.02 Å². The summed E-state index contributed by atoms with van der Waals surface area (Å²) in [5.74, 6) is 1.10. The molecule has 1 aromatic carbocycles. The van der Waals surface area contributed by atoms with Crippen molar-refractivity contribution >= 4 is 17.5 Å². The molecule has 2 heterocycles. The van der Waals surface area contributed by atoms with Crippen LogP contribution in [-0.2, 0) is 0 Å². The van der Waals surface area contributed by atoms with Gasteiger partial charge in [0, 0.05) is 18.3 Å². The van der Waals surface area contributed by atoms with Crippen molar-refractivity contribution in [3.05, 3.63) is 53.9 Å². The SMILES string of the molecule is CCNc1ncc(Cl)c(-n2cc(-c3ccccc3)cn2)n1. The summed E-state index contributed by atoms with van der Waals surface area (Å²) in [6.45, 7) is 2.73. The lowest BCUT2D eigenvalue weighted by Gasteiger charge is -2.06. The fraction of sp³-hybridized carbons (Fsp3) is 0.133. The van der Waals surface area contributed by atoms with Crippen LogP contribution in [0.3, 0.4) is 0 Å². The highest BCUT2D eigenvalue weighted by molar-refractivity contribution is 6.32. The van der Waals surface area contributed by atoms with Crippen molar-refractivity contribution in [1.29, 1.82) is 0 Å². The summed E-state index contributed by atoms with van der Waals surface area (Å²) in [5.41, 5.74) is 2.11. The Morgan fingerprint density at radius 2 is 1.95 bits per heavy atom. The predicted octanol–water partition coefficient (Wildman–Crippen LogP) is 3.41. The highest BCUT2D eigenvalue weighted by Gasteiger charge is 2.10. The standard InChI is InChI=1S/C15H14ClN5/c1-2-17-15-18-9-13(16)14(20-15)21-10-12(8-19-21)11-6-4-3-5-7-11/h3-10H,2H2,1H3,(H,17,18,20). The fourth-order valence-electron chi connectivity index (χ4n) is 1.98. The number of nitrogens with zero attached hydrogens (tertiary/aromatic N) is 4. The molecular formula is C15H14ClN5. The Morgan fingerprint density at radius 1 is 1.14 bits per heavy atom. The zero-order valence-corrected chi connectivity index (χ0v) is 12.2. The summed E-state index contributed by atoms with van der Waals surface area (Å²) in [5, 5.41) is 7.86. The molecule has 0 spiro atoms. The lowest BCUT2D eigenvalue weighted by molar-refractivity contribution is 0.840. The van der Waals surface area contributed by atoms with Crippen molar-refractivity contribution in [3.8, 4) is 16.9 Å². The van der Waals surface area contributed by atoms with E-state index in [0.29, 0.717) is 16.8 Å². The molecule has 1 N–H and O–H groups in total. The average Bonchev–Trinajstić information content (AvgIpc) is 3.00. The van der Waals surface area contributed by atoms with Crippen molar-refractivity contribution in [2.45, 2.75) is 6.92 Å². The number of halogens is 1. The third-order valence-corrected chi connectivity index (χ3v) is 3.23. The van der Waals surface area contributed by atoms with Gasteiger partial charge in [0.2, 0.25) is 5.95 Å². The Bertz CT molecular complexity index is 739. The van der Waals surface area contributed by atoms with E-state index >= 15 is 0 Å². The molecule has 0 saturated heterocycles. The molecule has 5 nitrogen and oxygen atoms in total. The van der Waals surface area contributed by atoms with Crippen LogP contribution in [0.15, 0.2) is 48.9 Å². The van der Waals surface area contributed by atoms with E-state index in [9.17, 15) is 0 Å². The predicted molar refractivity (Wildman–Crippen MR) is 83.8 cm³/mol. The smallest absolute Gasteiger partial charge is 0.224 e. The first-order valence-electron chi connectivity index (χ1n) is 6.65. The molecule has 2 aromatic heterocycles. The van der Waals surface area contributed by atoms with Gasteiger partial charge in [-0.2, -0.15) is 10.1 Å². The van der Waals surface area contributed by atoms with E-state index < -0.39 is 0 Å². The van der Waals surface area contributed by atoms with E-state index in [1.54, 1.807) is 17.1 Å². The zero-order chi connectivity index (χ0) is 14.7. The van der Waals surface area contributed by atoms with E-state index in [0.717, 1.165) is 17.7 Å². The topological polar surface area (TPSA) is 55.6 Å². The van der Waals surface area contributed by atoms with Crippen LogP contribution >= 0.6 is 11.6 Å². The minimum Gasteiger partial charge on any atom is -0.354 e. The number of hydrogen-bond acceptors (Lipinski definition) is 4. The number of nitrogens with one attached hydrogen (secondary N) is 1. The van der Waals surface area contributed by atoms with Crippen LogP contribution in [0, 0.1) is 0 Å². The van der Waals surface area contributed by atoms with Gasteiger partial charge in [-0.25, -0.2) is 9.67 Å². The quantitative estimate of drug-likeness (QED) is 0.802. The van der Waals surface area contributed by atoms with Crippen LogP contribution < -0.4 is 5.32 Å². The maximum atomic E-state index is 6.17. The second-order valence-corrected chi connectivity index (χ2v) is 4.84. The number of aromatic nitrogens is 4. The van der Waals surface area contributed by atoms with Crippen LogP contribution in [0.25, 0.3) is 16.9 Å². The number of benzene rings is 1. The molecule has 0 atom stereocenters. The maximum Gasteiger partial charge on any atom is 0.224 e. The summed E-state index contributed by atoms with van der Waals surface area (Å²) in [6.07, 6.45) is 5.27. The molecule has 21 heavy (non-hydrogen) atoms. The molecule has 0 aliphatic carbocycles. The molecule has 0 saturated carbocycles. The van der Waals surface area contributed by atoms with Gasteiger partial charge in [-0.1, -0.05) is 41.9 Å². The van der Waals surface area contributed by atoms with Crippen molar-refractivity contribution in [1.82, 2.24) is 19.7 Å². The molecule has 0 unspecified atom stereocenters. The second-order valence-electron chi connectivity index (χ2n) is 4.44. The van der Waals surface area contributed by atoms with Crippen molar-refractivity contribution in [2.24, 2.45) is 0 Å². The van der Waals surface area contributed by atoms with Crippen LogP contribution in [0.5, 0.6) is 0 Å². The molecule has 0 bridgehead atoms. The Kier molecular flexibility index (Phi) is 3.83. The fourth-order valence-corrected chi connectivity index (χ4v) is 2.16. The summed E-state index contributed by atoms with van der Waals surface area (Å²) in [4.78, 5) is 8.51. The van der Waals surface area contributed by atoms with Crippen molar-refractivity contribution in [3.63, 3.8) is 0 Å². The first kappa shape index (κ1) is 13.6. The van der Waals surface area contributed by atoms with E-state index in [4.69, 9.17) is 11.6 Å². The first-order valence-corrected chi connectivity index (χ1v) is 7.02. The van der Waals surface area contributed by atoms with Crippen LogP contribution in [-0.4, -0.2) is 26.3 Å². The van der Waals surface area contributed by atoms with Crippen LogP contribution in [0.1, 0.15) is 6.92 Å².